The molecule has 2 aromatic carbocycles. The summed E-state index contributed by atoms with van der Waals surface area (Å²) in [5, 5.41) is 2.82. The van der Waals surface area contributed by atoms with Crippen molar-refractivity contribution in [2.24, 2.45) is 0 Å². The fraction of sp³-hybridized carbons (Fsp3) is 0.154. The van der Waals surface area contributed by atoms with Crippen molar-refractivity contribution in [1.82, 2.24) is 9.55 Å². The first kappa shape index (κ1) is 30.0. The van der Waals surface area contributed by atoms with Crippen molar-refractivity contribution < 1.29 is 35.1 Å². The zero-order valence-electron chi connectivity index (χ0n) is 21.8. The summed E-state index contributed by atoms with van der Waals surface area (Å²) in [6, 6.07) is 10.0. The van der Waals surface area contributed by atoms with Crippen molar-refractivity contribution in [2.45, 2.75) is 18.4 Å². The van der Waals surface area contributed by atoms with E-state index < -0.39 is 37.4 Å². The van der Waals surface area contributed by atoms with Crippen LogP contribution in [0.5, 0.6) is 5.75 Å². The van der Waals surface area contributed by atoms with Gasteiger partial charge in [0.05, 0.1) is 28.6 Å². The molecule has 0 aliphatic carbocycles. The lowest BCUT2D eigenvalue weighted by Gasteiger charge is -2.13. The molecule has 216 valence electrons. The van der Waals surface area contributed by atoms with Gasteiger partial charge in [-0.2, -0.15) is 0 Å². The van der Waals surface area contributed by atoms with Gasteiger partial charge in [0.2, 0.25) is 10.0 Å². The van der Waals surface area contributed by atoms with Crippen LogP contribution in [-0.2, 0) is 26.5 Å². The van der Waals surface area contributed by atoms with E-state index in [0.717, 1.165) is 36.9 Å². The smallest absolute Gasteiger partial charge is 0.257 e. The minimum absolute atomic E-state index is 0.0489. The van der Waals surface area contributed by atoms with Gasteiger partial charge >= 0.3 is 0 Å². The average Bonchev–Trinajstić information content (AvgIpc) is 3.22. The standard InChI is InChI=1S/C26H23ClF2N4O6S2/c1-15-4-17(26(34)31-21-7-18(27)8-22(11-21)32-41(3,37)38)13-33(15)25-24(10-20(29)12-30-25)39-14-16-5-19(28)9-23(6-16)40(2,35)36/h4-13,32H,14H2,1-3H3,(H,31,34). The van der Waals surface area contributed by atoms with Crippen molar-refractivity contribution >= 4 is 48.7 Å². The number of carbonyl (C=O) groups is 1. The van der Waals surface area contributed by atoms with Gasteiger partial charge in [0.15, 0.2) is 21.4 Å². The number of sulfone groups is 1. The number of carbonyl (C=O) groups excluding carboxylic acids is 1. The van der Waals surface area contributed by atoms with E-state index in [1.807, 2.05) is 0 Å². The van der Waals surface area contributed by atoms with Gasteiger partial charge in [-0.25, -0.2) is 30.6 Å². The highest BCUT2D eigenvalue weighted by Crippen LogP contribution is 2.27. The largest absolute Gasteiger partial charge is 0.485 e. The Bertz CT molecular complexity index is 1880. The highest BCUT2D eigenvalue weighted by Gasteiger charge is 2.18. The first-order valence-corrected chi connectivity index (χ1v) is 15.8. The van der Waals surface area contributed by atoms with E-state index in [1.54, 1.807) is 6.92 Å². The highest BCUT2D eigenvalue weighted by molar-refractivity contribution is 7.92. The molecule has 0 radical (unpaired) electrons. The molecule has 0 atom stereocenters. The SMILES string of the molecule is Cc1cc(C(=O)Nc2cc(Cl)cc(NS(C)(=O)=O)c2)cn1-c1ncc(F)cc1OCc1cc(F)cc(S(C)(=O)=O)c1. The Hall–Kier alpha value is -4.01. The van der Waals surface area contributed by atoms with Gasteiger partial charge in [0, 0.05) is 34.9 Å². The number of hydrogen-bond acceptors (Lipinski definition) is 7. The van der Waals surface area contributed by atoms with Crippen LogP contribution in [0.4, 0.5) is 20.2 Å². The molecular weight excluding hydrogens is 602 g/mol. The second-order valence-electron chi connectivity index (χ2n) is 9.13. The van der Waals surface area contributed by atoms with Gasteiger partial charge in [-0.1, -0.05) is 11.6 Å². The number of nitrogens with one attached hydrogen (secondary N) is 2. The molecule has 0 aliphatic heterocycles. The lowest BCUT2D eigenvalue weighted by atomic mass is 10.2. The van der Waals surface area contributed by atoms with Gasteiger partial charge in [-0.05, 0) is 55.0 Å². The maximum atomic E-state index is 14.1. The predicted molar refractivity (Wildman–Crippen MR) is 150 cm³/mol. The number of rotatable bonds is 9. The number of ether oxygens (including phenoxy) is 1. The van der Waals surface area contributed by atoms with E-state index >= 15 is 0 Å². The molecule has 0 bridgehead atoms. The zero-order chi connectivity index (χ0) is 30.1. The number of sulfonamides is 1. The molecule has 4 aromatic rings. The molecule has 0 aliphatic rings. The van der Waals surface area contributed by atoms with E-state index in [1.165, 1.54) is 41.1 Å². The van der Waals surface area contributed by atoms with Crippen molar-refractivity contribution in [2.75, 3.05) is 22.6 Å². The Kier molecular flexibility index (Phi) is 8.38. The number of anilines is 2. The third kappa shape index (κ3) is 7.80. The molecule has 0 saturated carbocycles. The van der Waals surface area contributed by atoms with Crippen LogP contribution in [-0.4, -0.2) is 44.8 Å². The summed E-state index contributed by atoms with van der Waals surface area (Å²) in [6.45, 7) is 1.37. The summed E-state index contributed by atoms with van der Waals surface area (Å²) in [5.74, 6) is -1.99. The number of nitrogens with zero attached hydrogens (tertiary/aromatic N) is 2. The molecule has 0 saturated heterocycles. The maximum absolute atomic E-state index is 14.1. The minimum atomic E-state index is -3.68. The Morgan fingerprint density at radius 2 is 1.68 bits per heavy atom. The van der Waals surface area contributed by atoms with E-state index in [-0.39, 0.29) is 50.6 Å². The van der Waals surface area contributed by atoms with Gasteiger partial charge in [0.1, 0.15) is 18.2 Å². The van der Waals surface area contributed by atoms with Crippen LogP contribution in [0.25, 0.3) is 5.82 Å². The molecule has 2 heterocycles. The fourth-order valence-electron chi connectivity index (χ4n) is 3.84. The van der Waals surface area contributed by atoms with Crippen molar-refractivity contribution in [3.63, 3.8) is 0 Å². The van der Waals surface area contributed by atoms with Crippen LogP contribution >= 0.6 is 11.6 Å². The lowest BCUT2D eigenvalue weighted by molar-refractivity contribution is 0.102. The van der Waals surface area contributed by atoms with Crippen LogP contribution in [0.2, 0.25) is 5.02 Å². The molecule has 2 N–H and O–H groups in total. The first-order chi connectivity index (χ1) is 19.1. The maximum Gasteiger partial charge on any atom is 0.257 e. The molecular formula is C26H23ClF2N4O6S2. The van der Waals surface area contributed by atoms with Gasteiger partial charge in [0.25, 0.3) is 5.91 Å². The van der Waals surface area contributed by atoms with Crippen LogP contribution in [0.1, 0.15) is 21.6 Å². The number of amides is 1. The number of pyridine rings is 1. The summed E-state index contributed by atoms with van der Waals surface area (Å²) in [5.41, 5.74) is 1.28. The second kappa shape index (κ2) is 11.5. The first-order valence-electron chi connectivity index (χ1n) is 11.6. The van der Waals surface area contributed by atoms with E-state index in [4.69, 9.17) is 16.3 Å². The molecule has 0 spiro atoms. The highest BCUT2D eigenvalue weighted by atomic mass is 35.5. The molecule has 2 aromatic heterocycles. The van der Waals surface area contributed by atoms with Gasteiger partial charge < -0.3 is 14.6 Å². The minimum Gasteiger partial charge on any atom is -0.485 e. The molecule has 4 rings (SSSR count). The second-order valence-corrected chi connectivity index (χ2v) is 13.3. The summed E-state index contributed by atoms with van der Waals surface area (Å²) in [4.78, 5) is 16.9. The van der Waals surface area contributed by atoms with Crippen LogP contribution in [0.15, 0.2) is 65.8 Å². The van der Waals surface area contributed by atoms with Crippen LogP contribution < -0.4 is 14.8 Å². The van der Waals surface area contributed by atoms with Crippen molar-refractivity contribution in [3.8, 4) is 11.6 Å². The lowest BCUT2D eigenvalue weighted by Crippen LogP contribution is -2.13. The van der Waals surface area contributed by atoms with Crippen molar-refractivity contribution in [1.29, 1.82) is 0 Å². The van der Waals surface area contributed by atoms with Crippen molar-refractivity contribution in [3.05, 3.63) is 94.4 Å². The summed E-state index contributed by atoms with van der Waals surface area (Å²) < 4.78 is 84.4. The summed E-state index contributed by atoms with van der Waals surface area (Å²) in [6.07, 6.45) is 4.31. The fourth-order valence-corrected chi connectivity index (χ4v) is 5.32. The molecule has 1 amide bonds. The van der Waals surface area contributed by atoms with Gasteiger partial charge in [-0.15, -0.1) is 0 Å². The summed E-state index contributed by atoms with van der Waals surface area (Å²) >= 11 is 6.07. The monoisotopic (exact) mass is 624 g/mol. The van der Waals surface area contributed by atoms with Crippen LogP contribution in [0, 0.1) is 18.6 Å². The number of aromatic nitrogens is 2. The predicted octanol–water partition coefficient (Wildman–Crippen LogP) is 4.72. The molecule has 0 unspecified atom stereocenters. The zero-order valence-corrected chi connectivity index (χ0v) is 24.2. The number of benzene rings is 2. The van der Waals surface area contributed by atoms with E-state index in [0.29, 0.717) is 5.69 Å². The average molecular weight is 625 g/mol. The number of aryl methyl sites for hydroxylation is 1. The molecule has 0 fully saturated rings. The summed E-state index contributed by atoms with van der Waals surface area (Å²) in [7, 11) is -7.26. The molecule has 41 heavy (non-hydrogen) atoms. The third-order valence-corrected chi connectivity index (χ3v) is 7.43. The Labute approximate surface area is 239 Å². The number of hydrogen-bond donors (Lipinski definition) is 2. The number of halogens is 3. The Morgan fingerprint density at radius 1 is 0.976 bits per heavy atom. The normalized spacial score (nSPS) is 11.8. The van der Waals surface area contributed by atoms with Crippen LogP contribution in [0.3, 0.4) is 0 Å². The Balaban J connectivity index is 1.60. The van der Waals surface area contributed by atoms with E-state index in [2.05, 4.69) is 15.0 Å². The third-order valence-electron chi connectivity index (χ3n) is 5.51. The topological polar surface area (TPSA) is 136 Å². The Morgan fingerprint density at radius 3 is 2.37 bits per heavy atom. The quantitative estimate of drug-likeness (QED) is 0.275. The molecule has 10 nitrogen and oxygen atoms in total. The molecule has 15 heteroatoms. The van der Waals surface area contributed by atoms with E-state index in [9.17, 15) is 30.4 Å². The van der Waals surface area contributed by atoms with Gasteiger partial charge in [-0.3, -0.25) is 9.52 Å².